The van der Waals surface area contributed by atoms with E-state index < -0.39 is 12.1 Å². The minimum absolute atomic E-state index is 0.138. The number of rotatable bonds is 7. The minimum atomic E-state index is -0.958. The lowest BCUT2D eigenvalue weighted by molar-refractivity contribution is -0.123. The molecule has 2 amide bonds. The second-order valence-corrected chi connectivity index (χ2v) is 11.7. The number of anilines is 1. The van der Waals surface area contributed by atoms with E-state index >= 15 is 0 Å². The van der Waals surface area contributed by atoms with E-state index in [4.69, 9.17) is 21.3 Å². The molecule has 7 nitrogen and oxygen atoms in total. The van der Waals surface area contributed by atoms with Gasteiger partial charge in [-0.05, 0) is 61.1 Å². The molecule has 2 heterocycles. The van der Waals surface area contributed by atoms with Crippen molar-refractivity contribution in [1.29, 1.82) is 0 Å². The van der Waals surface area contributed by atoms with Crippen molar-refractivity contribution in [3.05, 3.63) is 107 Å². The molecule has 2 aliphatic carbocycles. The second-order valence-electron chi connectivity index (χ2n) is 11.3. The number of ketones is 1. The molecule has 4 aromatic rings. The summed E-state index contributed by atoms with van der Waals surface area (Å²) >= 11 is 6.28. The molecule has 0 radical (unpaired) electrons. The fourth-order valence-electron chi connectivity index (χ4n) is 6.76. The van der Waals surface area contributed by atoms with E-state index in [9.17, 15) is 19.2 Å². The fourth-order valence-corrected chi connectivity index (χ4v) is 6.93. The van der Waals surface area contributed by atoms with Gasteiger partial charge in [0.1, 0.15) is 0 Å². The lowest BCUT2D eigenvalue weighted by Crippen LogP contribution is -2.32. The first-order valence-electron chi connectivity index (χ1n) is 14.4. The third-order valence-electron chi connectivity index (χ3n) is 8.85. The molecule has 43 heavy (non-hydrogen) atoms. The molecule has 1 saturated heterocycles. The number of Topliss-reactive ketones (excluding diaryl/α,β-unsaturated/α-hetero) is 1. The highest BCUT2D eigenvalue weighted by Gasteiger charge is 2.59. The van der Waals surface area contributed by atoms with E-state index in [0.29, 0.717) is 44.9 Å². The van der Waals surface area contributed by atoms with Crippen molar-refractivity contribution in [2.75, 3.05) is 4.90 Å². The van der Waals surface area contributed by atoms with E-state index in [1.807, 2.05) is 6.07 Å². The van der Waals surface area contributed by atoms with Gasteiger partial charge in [-0.15, -0.1) is 0 Å². The van der Waals surface area contributed by atoms with E-state index in [0.717, 1.165) is 6.42 Å². The molecule has 8 heteroatoms. The zero-order valence-electron chi connectivity index (χ0n) is 23.3. The quantitative estimate of drug-likeness (QED) is 0.103. The number of ether oxygens (including phenoxy) is 1. The fraction of sp³-hybridized carbons (Fsp3) is 0.229. The molecule has 3 aromatic carbocycles. The highest BCUT2D eigenvalue weighted by molar-refractivity contribution is 6.31. The molecule has 2 fully saturated rings. The van der Waals surface area contributed by atoms with Crippen LogP contribution in [0, 0.1) is 23.7 Å². The average molecular weight is 591 g/mol. The Kier molecular flexibility index (Phi) is 6.70. The van der Waals surface area contributed by atoms with Gasteiger partial charge >= 0.3 is 5.97 Å². The number of halogens is 1. The van der Waals surface area contributed by atoms with Crippen molar-refractivity contribution in [1.82, 2.24) is 4.98 Å². The lowest BCUT2D eigenvalue weighted by Gasteiger charge is -2.18. The molecule has 1 aliphatic heterocycles. The summed E-state index contributed by atoms with van der Waals surface area (Å²) in [6.45, 7) is 1.79. The summed E-state index contributed by atoms with van der Waals surface area (Å²) in [4.78, 5) is 59.2. The molecule has 1 aromatic heterocycles. The van der Waals surface area contributed by atoms with Crippen LogP contribution in [0.5, 0.6) is 0 Å². The number of carbonyl (C=O) groups is 4. The van der Waals surface area contributed by atoms with Gasteiger partial charge in [-0.25, -0.2) is 9.78 Å². The summed E-state index contributed by atoms with van der Waals surface area (Å²) in [6, 6.07) is 22.4. The molecule has 7 rings (SSSR count). The number of hydrogen-bond acceptors (Lipinski definition) is 6. The molecule has 5 unspecified atom stereocenters. The smallest absolute Gasteiger partial charge is 0.339 e. The van der Waals surface area contributed by atoms with Crippen molar-refractivity contribution >= 4 is 51.8 Å². The number of nitrogens with zero attached hydrogens (tertiary/aromatic N) is 2. The number of aromatic nitrogens is 1. The molecule has 3 aliphatic rings. The van der Waals surface area contributed by atoms with E-state index in [1.54, 1.807) is 79.7 Å². The van der Waals surface area contributed by atoms with Crippen LogP contribution in [0.2, 0.25) is 5.02 Å². The van der Waals surface area contributed by atoms with Gasteiger partial charge in [-0.2, -0.15) is 0 Å². The molecule has 0 spiro atoms. The van der Waals surface area contributed by atoms with Gasteiger partial charge in [0.2, 0.25) is 17.6 Å². The predicted octanol–water partition coefficient (Wildman–Crippen LogP) is 6.69. The SMILES string of the molecule is CCC(OC(=O)c1cc(-c2ccc(N3C(=O)C4C5C=CC(C5)C4C3=O)cc2)nc2ccc(Cl)cc12)C(=O)c1ccccc1. The predicted molar refractivity (Wildman–Crippen MR) is 163 cm³/mol. The number of benzene rings is 3. The van der Waals surface area contributed by atoms with Crippen LogP contribution in [0.15, 0.2) is 91.0 Å². The summed E-state index contributed by atoms with van der Waals surface area (Å²) in [6.07, 6.45) is 4.38. The Labute approximate surface area is 253 Å². The topological polar surface area (TPSA) is 93.6 Å². The minimum Gasteiger partial charge on any atom is -0.450 e. The van der Waals surface area contributed by atoms with Crippen molar-refractivity contribution in [3.63, 3.8) is 0 Å². The van der Waals surface area contributed by atoms with Gasteiger partial charge in [0.15, 0.2) is 6.10 Å². The first kappa shape index (κ1) is 27.2. The van der Waals surface area contributed by atoms with Crippen LogP contribution < -0.4 is 4.90 Å². The van der Waals surface area contributed by atoms with E-state index in [-0.39, 0.29) is 46.8 Å². The normalized spacial score (nSPS) is 22.7. The van der Waals surface area contributed by atoms with Crippen LogP contribution >= 0.6 is 11.6 Å². The van der Waals surface area contributed by atoms with Crippen molar-refractivity contribution in [3.8, 4) is 11.3 Å². The molecule has 5 atom stereocenters. The Morgan fingerprint density at radius 1 is 0.930 bits per heavy atom. The average Bonchev–Trinajstić information content (AvgIpc) is 3.72. The van der Waals surface area contributed by atoms with Gasteiger partial charge in [-0.1, -0.05) is 73.1 Å². The largest absolute Gasteiger partial charge is 0.450 e. The Morgan fingerprint density at radius 3 is 2.26 bits per heavy atom. The summed E-state index contributed by atoms with van der Waals surface area (Å²) < 4.78 is 5.76. The summed E-state index contributed by atoms with van der Waals surface area (Å²) in [7, 11) is 0. The third-order valence-corrected chi connectivity index (χ3v) is 9.09. The monoisotopic (exact) mass is 590 g/mol. The Bertz CT molecular complexity index is 1800. The number of imide groups is 1. The Morgan fingerprint density at radius 2 is 1.60 bits per heavy atom. The Balaban J connectivity index is 1.19. The first-order valence-corrected chi connectivity index (χ1v) is 14.8. The molecule has 0 N–H and O–H groups in total. The number of carbonyl (C=O) groups excluding carboxylic acids is 4. The summed E-state index contributed by atoms with van der Waals surface area (Å²) in [5.41, 5.74) is 2.92. The molecule has 214 valence electrons. The lowest BCUT2D eigenvalue weighted by atomic mass is 9.85. The highest BCUT2D eigenvalue weighted by Crippen LogP contribution is 2.53. The number of fused-ring (bicyclic) bond motifs is 6. The number of pyridine rings is 1. The zero-order chi connectivity index (χ0) is 29.8. The van der Waals surface area contributed by atoms with Crippen molar-refractivity contribution in [2.24, 2.45) is 23.7 Å². The van der Waals surface area contributed by atoms with Gasteiger partial charge < -0.3 is 4.74 Å². The van der Waals surface area contributed by atoms with Crippen LogP contribution in [0.4, 0.5) is 5.69 Å². The van der Waals surface area contributed by atoms with Gasteiger partial charge in [-0.3, -0.25) is 19.3 Å². The maximum atomic E-state index is 13.6. The number of hydrogen-bond donors (Lipinski definition) is 0. The van der Waals surface area contributed by atoms with Crippen LogP contribution in [0.25, 0.3) is 22.2 Å². The van der Waals surface area contributed by atoms with Crippen LogP contribution in [-0.4, -0.2) is 34.7 Å². The van der Waals surface area contributed by atoms with Gasteiger partial charge in [0.25, 0.3) is 0 Å². The van der Waals surface area contributed by atoms with E-state index in [2.05, 4.69) is 12.2 Å². The second kappa shape index (κ2) is 10.6. The van der Waals surface area contributed by atoms with Crippen molar-refractivity contribution in [2.45, 2.75) is 25.9 Å². The molecular weight excluding hydrogens is 564 g/mol. The van der Waals surface area contributed by atoms with Gasteiger partial charge in [0.05, 0.1) is 34.3 Å². The van der Waals surface area contributed by atoms with Gasteiger partial charge in [0, 0.05) is 21.5 Å². The van der Waals surface area contributed by atoms with E-state index in [1.165, 1.54) is 4.90 Å². The molecule has 2 bridgehead atoms. The van der Waals surface area contributed by atoms with Crippen LogP contribution in [-0.2, 0) is 14.3 Å². The van der Waals surface area contributed by atoms with Crippen molar-refractivity contribution < 1.29 is 23.9 Å². The summed E-state index contributed by atoms with van der Waals surface area (Å²) in [5, 5.41) is 0.934. The number of esters is 1. The Hall–Kier alpha value is -4.62. The molecular formula is C35H27ClN2O5. The molecule has 1 saturated carbocycles. The first-order chi connectivity index (χ1) is 20.8. The summed E-state index contributed by atoms with van der Waals surface area (Å²) in [5.74, 6) is -1.48. The standard InChI is InChI=1S/C35H27ClN2O5/c1-2-29(32(39)20-6-4-3-5-7-20)43-35(42)26-18-28(37-27-15-12-23(36)17-25(26)27)19-10-13-24(14-11-19)38-33(40)30-21-8-9-22(16-21)31(30)34(38)41/h3-15,17-18,21-22,29-31H,2,16H2,1H3. The zero-order valence-corrected chi connectivity index (χ0v) is 24.0. The van der Waals surface area contributed by atoms with Crippen LogP contribution in [0.3, 0.4) is 0 Å². The maximum Gasteiger partial charge on any atom is 0.339 e. The maximum absolute atomic E-state index is 13.6. The third kappa shape index (κ3) is 4.55. The van der Waals surface area contributed by atoms with Crippen LogP contribution in [0.1, 0.15) is 40.5 Å². The number of allylic oxidation sites excluding steroid dienone is 2. The number of amides is 2. The highest BCUT2D eigenvalue weighted by atomic mass is 35.5.